The van der Waals surface area contributed by atoms with Gasteiger partial charge in [-0.05, 0) is 19.0 Å². The summed E-state index contributed by atoms with van der Waals surface area (Å²) in [6.45, 7) is 3.45. The van der Waals surface area contributed by atoms with E-state index in [1.165, 1.54) is 12.1 Å². The predicted octanol–water partition coefficient (Wildman–Crippen LogP) is 1.98. The molecule has 0 spiro atoms. The molecule has 1 atom stereocenters. The lowest BCUT2D eigenvalue weighted by molar-refractivity contribution is 0.238. The van der Waals surface area contributed by atoms with Gasteiger partial charge < -0.3 is 10.2 Å². The van der Waals surface area contributed by atoms with Crippen LogP contribution >= 0.6 is 24.8 Å². The lowest BCUT2D eigenvalue weighted by Gasteiger charge is -2.30. The van der Waals surface area contributed by atoms with Gasteiger partial charge in [0.15, 0.2) is 0 Å². The summed E-state index contributed by atoms with van der Waals surface area (Å²) in [6, 6.07) is 11.3. The van der Waals surface area contributed by atoms with Gasteiger partial charge in [0.1, 0.15) is 0 Å². The number of halogens is 2. The van der Waals surface area contributed by atoms with Crippen LogP contribution in [0.5, 0.6) is 0 Å². The normalized spacial score (nSPS) is 20.7. The van der Waals surface area contributed by atoms with E-state index in [9.17, 15) is 0 Å². The van der Waals surface area contributed by atoms with Gasteiger partial charge in [0.25, 0.3) is 0 Å². The van der Waals surface area contributed by atoms with Crippen molar-refractivity contribution >= 4 is 24.8 Å². The van der Waals surface area contributed by atoms with Crippen LogP contribution in [0.4, 0.5) is 0 Å². The fourth-order valence-corrected chi connectivity index (χ4v) is 2.03. The zero-order valence-electron chi connectivity index (χ0n) is 9.56. The van der Waals surface area contributed by atoms with Gasteiger partial charge in [0, 0.05) is 25.7 Å². The van der Waals surface area contributed by atoms with Crippen molar-refractivity contribution in [1.82, 2.24) is 10.2 Å². The lowest BCUT2D eigenvalue weighted by atomic mass is 10.0. The van der Waals surface area contributed by atoms with Gasteiger partial charge in [0.05, 0.1) is 0 Å². The topological polar surface area (TPSA) is 15.3 Å². The first-order valence-corrected chi connectivity index (χ1v) is 5.30. The maximum atomic E-state index is 3.56. The zero-order valence-corrected chi connectivity index (χ0v) is 11.2. The van der Waals surface area contributed by atoms with E-state index in [1.54, 1.807) is 0 Å². The van der Waals surface area contributed by atoms with E-state index in [0.717, 1.165) is 19.5 Å². The predicted molar refractivity (Wildman–Crippen MR) is 73.9 cm³/mol. The second-order valence-corrected chi connectivity index (χ2v) is 4.10. The van der Waals surface area contributed by atoms with Crippen molar-refractivity contribution in [3.05, 3.63) is 35.9 Å². The second kappa shape index (κ2) is 7.91. The Kier molecular flexibility index (Phi) is 7.77. The number of rotatable bonds is 2. The fraction of sp³-hybridized carbons (Fsp3) is 0.500. The Bertz CT molecular complexity index is 280. The fourth-order valence-electron chi connectivity index (χ4n) is 2.03. The zero-order chi connectivity index (χ0) is 9.80. The SMILES string of the molecule is CN1CCNC(Cc2ccccc2)C1.Cl.Cl. The number of piperazine rings is 1. The lowest BCUT2D eigenvalue weighted by Crippen LogP contribution is -2.49. The first-order valence-electron chi connectivity index (χ1n) is 5.30. The van der Waals surface area contributed by atoms with Crippen molar-refractivity contribution in [2.75, 3.05) is 26.7 Å². The highest BCUT2D eigenvalue weighted by Gasteiger charge is 2.15. The minimum Gasteiger partial charge on any atom is -0.311 e. The molecule has 1 unspecified atom stereocenters. The van der Waals surface area contributed by atoms with Gasteiger partial charge in [-0.1, -0.05) is 30.3 Å². The van der Waals surface area contributed by atoms with E-state index in [-0.39, 0.29) is 24.8 Å². The van der Waals surface area contributed by atoms with Crippen molar-refractivity contribution in [2.24, 2.45) is 0 Å². The van der Waals surface area contributed by atoms with Crippen LogP contribution in [0.15, 0.2) is 30.3 Å². The Morgan fingerprint density at radius 3 is 2.56 bits per heavy atom. The minimum atomic E-state index is 0. The quantitative estimate of drug-likeness (QED) is 0.877. The minimum absolute atomic E-state index is 0. The van der Waals surface area contributed by atoms with Crippen LogP contribution in [-0.4, -0.2) is 37.6 Å². The molecule has 0 bridgehead atoms. The second-order valence-electron chi connectivity index (χ2n) is 4.10. The summed E-state index contributed by atoms with van der Waals surface area (Å²) in [5.74, 6) is 0. The molecule has 1 saturated heterocycles. The van der Waals surface area contributed by atoms with Crippen LogP contribution in [-0.2, 0) is 6.42 Å². The van der Waals surface area contributed by atoms with Crippen LogP contribution in [0.2, 0.25) is 0 Å². The Morgan fingerprint density at radius 1 is 1.25 bits per heavy atom. The van der Waals surface area contributed by atoms with Gasteiger partial charge in [-0.2, -0.15) is 0 Å². The Balaban J connectivity index is 0.00000112. The molecule has 0 saturated carbocycles. The summed E-state index contributed by atoms with van der Waals surface area (Å²) in [5.41, 5.74) is 1.43. The van der Waals surface area contributed by atoms with Crippen molar-refractivity contribution in [3.8, 4) is 0 Å². The molecule has 2 rings (SSSR count). The molecule has 16 heavy (non-hydrogen) atoms. The molecule has 1 aliphatic rings. The molecule has 0 radical (unpaired) electrons. The molecule has 1 aliphatic heterocycles. The van der Waals surface area contributed by atoms with Crippen molar-refractivity contribution < 1.29 is 0 Å². The number of hydrogen-bond donors (Lipinski definition) is 1. The highest BCUT2D eigenvalue weighted by Crippen LogP contribution is 2.06. The third kappa shape index (κ3) is 4.71. The van der Waals surface area contributed by atoms with Gasteiger partial charge in [0.2, 0.25) is 0 Å². The molecule has 1 aromatic rings. The van der Waals surface area contributed by atoms with Crippen LogP contribution in [0, 0.1) is 0 Å². The first-order chi connectivity index (χ1) is 6.84. The van der Waals surface area contributed by atoms with Crippen LogP contribution < -0.4 is 5.32 Å². The molecular formula is C12H20Cl2N2. The molecule has 1 N–H and O–H groups in total. The molecule has 4 heteroatoms. The highest BCUT2D eigenvalue weighted by atomic mass is 35.5. The number of likely N-dealkylation sites (N-methyl/N-ethyl adjacent to an activating group) is 1. The molecule has 0 aliphatic carbocycles. The summed E-state index contributed by atoms with van der Waals surface area (Å²) >= 11 is 0. The summed E-state index contributed by atoms with van der Waals surface area (Å²) < 4.78 is 0. The average Bonchev–Trinajstić information content (AvgIpc) is 2.19. The van der Waals surface area contributed by atoms with E-state index < -0.39 is 0 Å². The standard InChI is InChI=1S/C12H18N2.2ClH/c1-14-8-7-13-12(10-14)9-11-5-3-2-4-6-11;;/h2-6,12-13H,7-10H2,1H3;2*1H. The van der Waals surface area contributed by atoms with Gasteiger partial charge in [-0.3, -0.25) is 0 Å². The first kappa shape index (κ1) is 15.7. The molecule has 0 aromatic heterocycles. The molecule has 1 fully saturated rings. The van der Waals surface area contributed by atoms with Gasteiger partial charge in [-0.25, -0.2) is 0 Å². The molecule has 1 aromatic carbocycles. The summed E-state index contributed by atoms with van der Waals surface area (Å²) in [4.78, 5) is 2.39. The van der Waals surface area contributed by atoms with E-state index in [4.69, 9.17) is 0 Å². The van der Waals surface area contributed by atoms with E-state index in [0.29, 0.717) is 6.04 Å². The van der Waals surface area contributed by atoms with Gasteiger partial charge >= 0.3 is 0 Å². The molecule has 92 valence electrons. The van der Waals surface area contributed by atoms with Gasteiger partial charge in [-0.15, -0.1) is 24.8 Å². The summed E-state index contributed by atoms with van der Waals surface area (Å²) in [5, 5.41) is 3.56. The monoisotopic (exact) mass is 262 g/mol. The van der Waals surface area contributed by atoms with E-state index >= 15 is 0 Å². The molecular weight excluding hydrogens is 243 g/mol. The van der Waals surface area contributed by atoms with Crippen LogP contribution in [0.25, 0.3) is 0 Å². The Labute approximate surface area is 110 Å². The number of benzene rings is 1. The average molecular weight is 263 g/mol. The summed E-state index contributed by atoms with van der Waals surface area (Å²) in [7, 11) is 2.19. The summed E-state index contributed by atoms with van der Waals surface area (Å²) in [6.07, 6.45) is 1.14. The maximum absolute atomic E-state index is 3.56. The van der Waals surface area contributed by atoms with Crippen molar-refractivity contribution in [3.63, 3.8) is 0 Å². The number of hydrogen-bond acceptors (Lipinski definition) is 2. The largest absolute Gasteiger partial charge is 0.311 e. The highest BCUT2D eigenvalue weighted by molar-refractivity contribution is 5.85. The van der Waals surface area contributed by atoms with Crippen LogP contribution in [0.3, 0.4) is 0 Å². The third-order valence-corrected chi connectivity index (χ3v) is 2.78. The molecule has 1 heterocycles. The number of nitrogens with zero attached hydrogens (tertiary/aromatic N) is 1. The van der Waals surface area contributed by atoms with Crippen LogP contribution in [0.1, 0.15) is 5.56 Å². The van der Waals surface area contributed by atoms with E-state index in [1.807, 2.05) is 0 Å². The number of nitrogens with one attached hydrogen (secondary N) is 1. The molecule has 2 nitrogen and oxygen atoms in total. The Morgan fingerprint density at radius 2 is 1.94 bits per heavy atom. The maximum Gasteiger partial charge on any atom is 0.0235 e. The third-order valence-electron chi connectivity index (χ3n) is 2.78. The van der Waals surface area contributed by atoms with Crippen molar-refractivity contribution in [1.29, 1.82) is 0 Å². The van der Waals surface area contributed by atoms with Crippen molar-refractivity contribution in [2.45, 2.75) is 12.5 Å². The smallest absolute Gasteiger partial charge is 0.0235 e. The van der Waals surface area contributed by atoms with E-state index in [2.05, 4.69) is 47.6 Å². The molecule has 0 amide bonds. The Hall–Kier alpha value is -0.280.